The number of amides is 1. The molecule has 17 heavy (non-hydrogen) atoms. The first-order chi connectivity index (χ1) is 8.16. The van der Waals surface area contributed by atoms with E-state index in [9.17, 15) is 9.90 Å². The standard InChI is InChI=1S/C13H10NO3/c15-10-7-5-9(6-8-10)14-13(17)11-3-1-2-4-12(11)16/h1-8,15-16H. The van der Waals surface area contributed by atoms with Gasteiger partial charge >= 0.3 is 0 Å². The van der Waals surface area contributed by atoms with Crippen molar-refractivity contribution < 1.29 is 15.0 Å². The van der Waals surface area contributed by atoms with Crippen molar-refractivity contribution in [2.45, 2.75) is 0 Å². The highest BCUT2D eigenvalue weighted by Gasteiger charge is 2.11. The molecule has 0 aromatic heterocycles. The molecule has 0 heterocycles. The molecule has 4 heteroatoms. The second-order valence-corrected chi connectivity index (χ2v) is 3.45. The van der Waals surface area contributed by atoms with E-state index in [1.165, 1.54) is 36.4 Å². The summed E-state index contributed by atoms with van der Waals surface area (Å²) in [5, 5.41) is 22.4. The first kappa shape index (κ1) is 11.0. The minimum atomic E-state index is -0.520. The molecule has 0 atom stereocenters. The van der Waals surface area contributed by atoms with E-state index >= 15 is 0 Å². The van der Waals surface area contributed by atoms with E-state index in [0.717, 1.165) is 0 Å². The number of carbonyl (C=O) groups is 1. The van der Waals surface area contributed by atoms with Crippen molar-refractivity contribution in [3.8, 4) is 11.5 Å². The first-order valence-electron chi connectivity index (χ1n) is 5.00. The number of para-hydroxylation sites is 1. The van der Waals surface area contributed by atoms with Gasteiger partial charge in [0.05, 0.1) is 11.3 Å². The Morgan fingerprint density at radius 1 is 0.941 bits per heavy atom. The number of phenolic OH excluding ortho intramolecular Hbond substituents is 2. The zero-order valence-corrected chi connectivity index (χ0v) is 8.87. The molecule has 2 rings (SSSR count). The maximum atomic E-state index is 11.7. The summed E-state index contributed by atoms with van der Waals surface area (Å²) >= 11 is 0. The molecule has 0 aliphatic carbocycles. The van der Waals surface area contributed by atoms with E-state index in [-0.39, 0.29) is 17.1 Å². The molecule has 2 aromatic carbocycles. The summed E-state index contributed by atoms with van der Waals surface area (Å²) in [5.74, 6) is -0.507. The average Bonchev–Trinajstić information content (AvgIpc) is 2.32. The number of aromatic hydroxyl groups is 2. The van der Waals surface area contributed by atoms with Crippen molar-refractivity contribution in [2.75, 3.05) is 0 Å². The van der Waals surface area contributed by atoms with Crippen LogP contribution in [-0.2, 0) is 0 Å². The Morgan fingerprint density at radius 3 is 2.24 bits per heavy atom. The maximum Gasteiger partial charge on any atom is 0.281 e. The van der Waals surface area contributed by atoms with Crippen LogP contribution in [0.25, 0.3) is 0 Å². The highest BCUT2D eigenvalue weighted by atomic mass is 16.3. The van der Waals surface area contributed by atoms with E-state index in [0.29, 0.717) is 5.69 Å². The van der Waals surface area contributed by atoms with Crippen molar-refractivity contribution in [2.24, 2.45) is 0 Å². The first-order valence-corrected chi connectivity index (χ1v) is 5.00. The molecular formula is C13H10NO3. The number of hydrogen-bond donors (Lipinski definition) is 2. The van der Waals surface area contributed by atoms with Crippen LogP contribution in [0.15, 0.2) is 48.5 Å². The molecule has 0 aliphatic rings. The quantitative estimate of drug-likeness (QED) is 0.827. The van der Waals surface area contributed by atoms with Gasteiger partial charge in [0.15, 0.2) is 0 Å². The molecule has 1 radical (unpaired) electrons. The highest BCUT2D eigenvalue weighted by molar-refractivity contribution is 5.98. The minimum absolute atomic E-state index is 0.0972. The molecule has 0 spiro atoms. The second-order valence-electron chi connectivity index (χ2n) is 3.45. The molecule has 0 aliphatic heterocycles. The maximum absolute atomic E-state index is 11.7. The van der Waals surface area contributed by atoms with Gasteiger partial charge in [-0.2, -0.15) is 0 Å². The van der Waals surface area contributed by atoms with Crippen LogP contribution in [0.5, 0.6) is 11.5 Å². The summed E-state index contributed by atoms with van der Waals surface area (Å²) in [6.45, 7) is 0. The Balaban J connectivity index is 2.17. The number of rotatable bonds is 2. The normalized spacial score (nSPS) is 9.88. The lowest BCUT2D eigenvalue weighted by Crippen LogP contribution is -2.10. The summed E-state index contributed by atoms with van der Waals surface area (Å²) in [6.07, 6.45) is 0. The molecule has 0 unspecified atom stereocenters. The summed E-state index contributed by atoms with van der Waals surface area (Å²) in [6, 6.07) is 12.1. The van der Waals surface area contributed by atoms with Crippen molar-refractivity contribution in [3.05, 3.63) is 54.1 Å². The second kappa shape index (κ2) is 4.57. The van der Waals surface area contributed by atoms with E-state index in [1.807, 2.05) is 0 Å². The molecule has 0 saturated carbocycles. The molecule has 2 N–H and O–H groups in total. The minimum Gasteiger partial charge on any atom is -0.508 e. The SMILES string of the molecule is O=C([N]c1ccc(O)cc1)c1ccccc1O. The predicted molar refractivity (Wildman–Crippen MR) is 62.3 cm³/mol. The number of hydrogen-bond acceptors (Lipinski definition) is 3. The monoisotopic (exact) mass is 228 g/mol. The van der Waals surface area contributed by atoms with Gasteiger partial charge in [0.25, 0.3) is 5.91 Å². The molecule has 4 nitrogen and oxygen atoms in total. The molecular weight excluding hydrogens is 218 g/mol. The van der Waals surface area contributed by atoms with Crippen LogP contribution in [0.3, 0.4) is 0 Å². The lowest BCUT2D eigenvalue weighted by atomic mass is 10.2. The van der Waals surface area contributed by atoms with E-state index in [1.54, 1.807) is 12.1 Å². The van der Waals surface area contributed by atoms with Gasteiger partial charge in [0.2, 0.25) is 0 Å². The molecule has 0 saturated heterocycles. The fourth-order valence-electron chi connectivity index (χ4n) is 1.36. The Bertz CT molecular complexity index is 535. The third-order valence-corrected chi connectivity index (χ3v) is 2.21. The third-order valence-electron chi connectivity index (χ3n) is 2.21. The van der Waals surface area contributed by atoms with Gasteiger partial charge in [0, 0.05) is 0 Å². The smallest absolute Gasteiger partial charge is 0.281 e. The van der Waals surface area contributed by atoms with Gasteiger partial charge in [0.1, 0.15) is 11.5 Å². The van der Waals surface area contributed by atoms with Gasteiger partial charge in [-0.25, -0.2) is 5.32 Å². The zero-order valence-electron chi connectivity index (χ0n) is 8.87. The molecule has 2 aromatic rings. The number of phenols is 2. The molecule has 1 amide bonds. The van der Waals surface area contributed by atoms with Gasteiger partial charge in [-0.3, -0.25) is 4.79 Å². The van der Waals surface area contributed by atoms with Gasteiger partial charge in [-0.1, -0.05) is 12.1 Å². The van der Waals surface area contributed by atoms with Gasteiger partial charge in [-0.15, -0.1) is 0 Å². The molecule has 0 fully saturated rings. The summed E-state index contributed by atoms with van der Waals surface area (Å²) in [7, 11) is 0. The fraction of sp³-hybridized carbons (Fsp3) is 0. The number of nitrogens with zero attached hydrogens (tertiary/aromatic N) is 1. The molecule has 85 valence electrons. The van der Waals surface area contributed by atoms with E-state index in [2.05, 4.69) is 5.32 Å². The number of carbonyl (C=O) groups excluding carboxylic acids is 1. The van der Waals surface area contributed by atoms with Crippen LogP contribution in [0.2, 0.25) is 0 Å². The van der Waals surface area contributed by atoms with Crippen LogP contribution in [0, 0.1) is 0 Å². The number of benzene rings is 2. The van der Waals surface area contributed by atoms with E-state index in [4.69, 9.17) is 5.11 Å². The lowest BCUT2D eigenvalue weighted by Gasteiger charge is -2.03. The Labute approximate surface area is 98.2 Å². The van der Waals surface area contributed by atoms with Crippen LogP contribution in [0.1, 0.15) is 10.4 Å². The lowest BCUT2D eigenvalue weighted by molar-refractivity contribution is 0.0966. The Kier molecular flexibility index (Phi) is 2.96. The largest absolute Gasteiger partial charge is 0.508 e. The van der Waals surface area contributed by atoms with Gasteiger partial charge in [-0.05, 0) is 36.4 Å². The van der Waals surface area contributed by atoms with Crippen LogP contribution in [-0.4, -0.2) is 16.1 Å². The summed E-state index contributed by atoms with van der Waals surface area (Å²) in [5.41, 5.74) is 0.580. The van der Waals surface area contributed by atoms with Crippen molar-refractivity contribution in [3.63, 3.8) is 0 Å². The average molecular weight is 228 g/mol. The van der Waals surface area contributed by atoms with Crippen LogP contribution >= 0.6 is 0 Å². The van der Waals surface area contributed by atoms with Crippen LogP contribution < -0.4 is 5.32 Å². The third kappa shape index (κ3) is 2.55. The van der Waals surface area contributed by atoms with Crippen molar-refractivity contribution >= 4 is 11.6 Å². The highest BCUT2D eigenvalue weighted by Crippen LogP contribution is 2.19. The van der Waals surface area contributed by atoms with Crippen molar-refractivity contribution in [1.82, 2.24) is 5.32 Å². The Hall–Kier alpha value is -2.49. The van der Waals surface area contributed by atoms with Crippen molar-refractivity contribution in [1.29, 1.82) is 0 Å². The summed E-state index contributed by atoms with van der Waals surface area (Å²) in [4.78, 5) is 11.7. The van der Waals surface area contributed by atoms with Crippen LogP contribution in [0.4, 0.5) is 5.69 Å². The molecule has 0 bridgehead atoms. The van der Waals surface area contributed by atoms with Gasteiger partial charge < -0.3 is 10.2 Å². The topological polar surface area (TPSA) is 71.6 Å². The predicted octanol–water partition coefficient (Wildman–Crippen LogP) is 2.17. The Morgan fingerprint density at radius 2 is 1.59 bits per heavy atom. The fourth-order valence-corrected chi connectivity index (χ4v) is 1.36. The summed E-state index contributed by atoms with van der Waals surface area (Å²) < 4.78 is 0. The zero-order chi connectivity index (χ0) is 12.3. The van der Waals surface area contributed by atoms with E-state index < -0.39 is 5.91 Å².